The normalized spacial score (nSPS) is 25.5. The second-order valence-corrected chi connectivity index (χ2v) is 7.12. The van der Waals surface area contributed by atoms with Crippen molar-refractivity contribution in [2.45, 2.75) is 51.6 Å². The van der Waals surface area contributed by atoms with E-state index >= 15 is 0 Å². The highest BCUT2D eigenvalue weighted by molar-refractivity contribution is 6.02. The maximum absolute atomic E-state index is 13.1. The molecule has 4 nitrogen and oxygen atoms in total. The van der Waals surface area contributed by atoms with E-state index in [1.807, 2.05) is 31.2 Å². The molecule has 0 spiro atoms. The first-order valence-corrected chi connectivity index (χ1v) is 8.98. The van der Waals surface area contributed by atoms with Gasteiger partial charge in [0.15, 0.2) is 5.78 Å². The Morgan fingerprint density at radius 1 is 1.25 bits per heavy atom. The summed E-state index contributed by atoms with van der Waals surface area (Å²) in [6.07, 6.45) is 5.96. The van der Waals surface area contributed by atoms with Gasteiger partial charge in [-0.15, -0.1) is 0 Å². The summed E-state index contributed by atoms with van der Waals surface area (Å²) in [6.45, 7) is 1.96. The standard InChI is InChI=1S/C20H26O4/c1-13(12-17(21)23-2)18-19(22)15-10-6-7-11-16(15)24-20(18)14-8-4-3-5-9-14/h6-7,10-11,13-14,18,20H,3-5,8-9,12H2,1-2H3. The number of ketones is 1. The van der Waals surface area contributed by atoms with E-state index in [1.54, 1.807) is 0 Å². The highest BCUT2D eigenvalue weighted by Gasteiger charge is 2.44. The number of hydrogen-bond donors (Lipinski definition) is 0. The number of hydrogen-bond acceptors (Lipinski definition) is 4. The van der Waals surface area contributed by atoms with Crippen LogP contribution in [0, 0.1) is 17.8 Å². The minimum atomic E-state index is -0.276. The van der Waals surface area contributed by atoms with Gasteiger partial charge in [0.05, 0.1) is 18.6 Å². The molecule has 1 aromatic rings. The molecule has 2 aliphatic rings. The van der Waals surface area contributed by atoms with Gasteiger partial charge in [-0.05, 0) is 36.8 Å². The Bertz CT molecular complexity index is 603. The quantitative estimate of drug-likeness (QED) is 0.782. The molecule has 1 fully saturated rings. The summed E-state index contributed by atoms with van der Waals surface area (Å²) in [5.74, 6) is 0.563. The summed E-state index contributed by atoms with van der Waals surface area (Å²) in [6, 6.07) is 7.47. The largest absolute Gasteiger partial charge is 0.489 e. The van der Waals surface area contributed by atoms with Gasteiger partial charge in [-0.2, -0.15) is 0 Å². The predicted octanol–water partition coefficient (Wildman–Crippen LogP) is 4.03. The SMILES string of the molecule is COC(=O)CC(C)C1C(=O)c2ccccc2OC1C1CCCCC1. The summed E-state index contributed by atoms with van der Waals surface area (Å²) < 4.78 is 11.1. The Hall–Kier alpha value is -1.84. The molecule has 1 saturated carbocycles. The molecule has 0 N–H and O–H groups in total. The Labute approximate surface area is 143 Å². The molecule has 1 aliphatic carbocycles. The summed E-state index contributed by atoms with van der Waals surface area (Å²) in [5, 5.41) is 0. The number of benzene rings is 1. The van der Waals surface area contributed by atoms with Crippen LogP contribution in [-0.4, -0.2) is 25.0 Å². The Balaban J connectivity index is 1.90. The van der Waals surface area contributed by atoms with Gasteiger partial charge >= 0.3 is 5.97 Å². The topological polar surface area (TPSA) is 52.6 Å². The van der Waals surface area contributed by atoms with Crippen LogP contribution in [0.2, 0.25) is 0 Å². The molecule has 3 unspecified atom stereocenters. The van der Waals surface area contributed by atoms with Crippen molar-refractivity contribution in [1.82, 2.24) is 0 Å². The minimum absolute atomic E-state index is 0.0924. The Morgan fingerprint density at radius 2 is 1.96 bits per heavy atom. The molecule has 0 aromatic heterocycles. The van der Waals surface area contributed by atoms with Crippen LogP contribution in [0.4, 0.5) is 0 Å². The molecular weight excluding hydrogens is 304 g/mol. The summed E-state index contributed by atoms with van der Waals surface area (Å²) in [5.41, 5.74) is 0.645. The van der Waals surface area contributed by atoms with E-state index < -0.39 is 0 Å². The van der Waals surface area contributed by atoms with E-state index in [0.29, 0.717) is 17.2 Å². The number of methoxy groups -OCH3 is 1. The van der Waals surface area contributed by atoms with Gasteiger partial charge in [-0.1, -0.05) is 38.3 Å². The zero-order valence-corrected chi connectivity index (χ0v) is 14.5. The predicted molar refractivity (Wildman–Crippen MR) is 91.1 cm³/mol. The molecule has 1 aromatic carbocycles. The molecule has 0 radical (unpaired) electrons. The fraction of sp³-hybridized carbons (Fsp3) is 0.600. The Morgan fingerprint density at radius 3 is 2.67 bits per heavy atom. The van der Waals surface area contributed by atoms with Crippen molar-refractivity contribution < 1.29 is 19.1 Å². The third-order valence-electron chi connectivity index (χ3n) is 5.52. The van der Waals surface area contributed by atoms with Gasteiger partial charge in [0.1, 0.15) is 11.9 Å². The van der Waals surface area contributed by atoms with Crippen LogP contribution in [0.5, 0.6) is 5.75 Å². The van der Waals surface area contributed by atoms with Gasteiger partial charge in [-0.3, -0.25) is 9.59 Å². The van der Waals surface area contributed by atoms with E-state index in [9.17, 15) is 9.59 Å². The second-order valence-electron chi connectivity index (χ2n) is 7.12. The fourth-order valence-electron chi connectivity index (χ4n) is 4.23. The first kappa shape index (κ1) is 17.0. The van der Waals surface area contributed by atoms with E-state index in [-0.39, 0.29) is 36.1 Å². The Kier molecular flexibility index (Phi) is 5.22. The molecule has 4 heteroatoms. The molecule has 130 valence electrons. The van der Waals surface area contributed by atoms with Crippen LogP contribution in [-0.2, 0) is 9.53 Å². The van der Waals surface area contributed by atoms with E-state index in [1.165, 1.54) is 26.4 Å². The minimum Gasteiger partial charge on any atom is -0.489 e. The number of Topliss-reactive ketones (excluding diaryl/α,β-unsaturated/α-hetero) is 1. The lowest BCUT2D eigenvalue weighted by molar-refractivity contribution is -0.142. The van der Waals surface area contributed by atoms with Crippen molar-refractivity contribution in [3.05, 3.63) is 29.8 Å². The molecule has 3 rings (SSSR count). The molecule has 1 heterocycles. The van der Waals surface area contributed by atoms with E-state index in [2.05, 4.69) is 0 Å². The third kappa shape index (κ3) is 3.33. The summed E-state index contributed by atoms with van der Waals surface area (Å²) in [4.78, 5) is 24.9. The van der Waals surface area contributed by atoms with E-state index in [4.69, 9.17) is 9.47 Å². The smallest absolute Gasteiger partial charge is 0.305 e. The van der Waals surface area contributed by atoms with Crippen molar-refractivity contribution in [3.63, 3.8) is 0 Å². The van der Waals surface area contributed by atoms with Crippen molar-refractivity contribution in [3.8, 4) is 5.75 Å². The number of rotatable bonds is 4. The molecule has 0 bridgehead atoms. The molecular formula is C20H26O4. The average molecular weight is 330 g/mol. The highest BCUT2D eigenvalue weighted by Crippen LogP contribution is 2.41. The van der Waals surface area contributed by atoms with Crippen LogP contribution < -0.4 is 4.74 Å². The average Bonchev–Trinajstić information content (AvgIpc) is 2.62. The van der Waals surface area contributed by atoms with Crippen molar-refractivity contribution in [2.24, 2.45) is 17.8 Å². The van der Waals surface area contributed by atoms with Gasteiger partial charge in [0.25, 0.3) is 0 Å². The first-order chi connectivity index (χ1) is 11.6. The molecule has 0 amide bonds. The first-order valence-electron chi connectivity index (χ1n) is 8.98. The lowest BCUT2D eigenvalue weighted by Crippen LogP contribution is -2.46. The number of esters is 1. The van der Waals surface area contributed by atoms with Crippen LogP contribution in [0.25, 0.3) is 0 Å². The number of fused-ring (bicyclic) bond motifs is 1. The maximum Gasteiger partial charge on any atom is 0.305 e. The zero-order valence-electron chi connectivity index (χ0n) is 14.5. The van der Waals surface area contributed by atoms with Crippen molar-refractivity contribution in [2.75, 3.05) is 7.11 Å². The maximum atomic E-state index is 13.1. The number of ether oxygens (including phenoxy) is 2. The van der Waals surface area contributed by atoms with Gasteiger partial charge < -0.3 is 9.47 Å². The van der Waals surface area contributed by atoms with Gasteiger partial charge in [0, 0.05) is 6.42 Å². The molecule has 24 heavy (non-hydrogen) atoms. The lowest BCUT2D eigenvalue weighted by atomic mass is 9.71. The highest BCUT2D eigenvalue weighted by atomic mass is 16.5. The monoisotopic (exact) mass is 330 g/mol. The summed E-state index contributed by atoms with van der Waals surface area (Å²) >= 11 is 0. The van der Waals surface area contributed by atoms with Crippen molar-refractivity contribution >= 4 is 11.8 Å². The molecule has 0 saturated heterocycles. The second kappa shape index (κ2) is 7.37. The summed E-state index contributed by atoms with van der Waals surface area (Å²) in [7, 11) is 1.39. The van der Waals surface area contributed by atoms with Crippen LogP contribution in [0.15, 0.2) is 24.3 Å². The van der Waals surface area contributed by atoms with E-state index in [0.717, 1.165) is 12.8 Å². The molecule has 1 aliphatic heterocycles. The molecule has 3 atom stereocenters. The number of carbonyl (C=O) groups is 2. The van der Waals surface area contributed by atoms with Crippen LogP contribution >= 0.6 is 0 Å². The van der Waals surface area contributed by atoms with Gasteiger partial charge in [-0.25, -0.2) is 0 Å². The third-order valence-corrected chi connectivity index (χ3v) is 5.52. The fourth-order valence-corrected chi connectivity index (χ4v) is 4.23. The number of carbonyl (C=O) groups excluding carboxylic acids is 2. The lowest BCUT2D eigenvalue weighted by Gasteiger charge is -2.41. The number of para-hydroxylation sites is 1. The van der Waals surface area contributed by atoms with Gasteiger partial charge in [0.2, 0.25) is 0 Å². The van der Waals surface area contributed by atoms with Crippen molar-refractivity contribution in [1.29, 1.82) is 0 Å². The zero-order chi connectivity index (χ0) is 17.1. The van der Waals surface area contributed by atoms with Crippen LogP contribution in [0.3, 0.4) is 0 Å². The van der Waals surface area contributed by atoms with Crippen LogP contribution in [0.1, 0.15) is 55.8 Å².